The Balaban J connectivity index is 2.81. The monoisotopic (exact) mass is 367 g/mol. The average Bonchev–Trinajstić information content (AvgIpc) is 2.67. The molecule has 0 aliphatic heterocycles. The lowest BCUT2D eigenvalue weighted by Crippen LogP contribution is -2.34. The Bertz CT molecular complexity index is 477. The fraction of sp³-hybridized carbons (Fsp3) is 0.692. The van der Waals surface area contributed by atoms with Crippen molar-refractivity contribution < 1.29 is 8.42 Å². The predicted molar refractivity (Wildman–Crippen MR) is 85.3 cm³/mol. The van der Waals surface area contributed by atoms with E-state index in [1.807, 2.05) is 6.92 Å². The molecule has 0 saturated heterocycles. The number of aryl methyl sites for hydroxylation is 1. The van der Waals surface area contributed by atoms with Gasteiger partial charge in [0.25, 0.3) is 0 Å². The molecular formula is C13H22BrNO2S2. The number of halogens is 1. The van der Waals surface area contributed by atoms with Gasteiger partial charge in [0.05, 0.1) is 3.79 Å². The van der Waals surface area contributed by atoms with Crippen molar-refractivity contribution in [2.45, 2.75) is 63.1 Å². The summed E-state index contributed by atoms with van der Waals surface area (Å²) in [5.41, 5.74) is 0.964. The highest BCUT2D eigenvalue weighted by atomic mass is 79.9. The molecule has 1 unspecified atom stereocenters. The lowest BCUT2D eigenvalue weighted by Gasteiger charge is -2.17. The predicted octanol–water partition coefficient (Wildman–Crippen LogP) is 4.46. The molecule has 3 nitrogen and oxygen atoms in total. The summed E-state index contributed by atoms with van der Waals surface area (Å²) >= 11 is 4.65. The second kappa shape index (κ2) is 7.76. The topological polar surface area (TPSA) is 46.2 Å². The normalized spacial score (nSPS) is 13.7. The van der Waals surface area contributed by atoms with Crippen LogP contribution in [0.25, 0.3) is 0 Å². The maximum atomic E-state index is 12.3. The molecule has 0 fully saturated rings. The van der Waals surface area contributed by atoms with E-state index in [1.165, 1.54) is 11.3 Å². The smallest absolute Gasteiger partial charge is 0.207 e. The molecule has 1 atom stereocenters. The molecule has 6 heteroatoms. The summed E-state index contributed by atoms with van der Waals surface area (Å²) in [6, 6.07) is 1.77. The van der Waals surface area contributed by atoms with Gasteiger partial charge in [0.15, 0.2) is 0 Å². The van der Waals surface area contributed by atoms with Gasteiger partial charge < -0.3 is 0 Å². The standard InChI is InChI=1S/C13H22BrNO2S2/c1-4-6-8-11(7-5-2)15-19(16,17)12-9-10(3)13(14)18-12/h9,11,15H,4-8H2,1-3H3. The second-order valence-corrected chi connectivity index (χ2v) is 9.08. The Kier molecular flexibility index (Phi) is 7.00. The van der Waals surface area contributed by atoms with Gasteiger partial charge in [0, 0.05) is 6.04 Å². The second-order valence-electron chi connectivity index (χ2n) is 4.77. The summed E-state index contributed by atoms with van der Waals surface area (Å²) in [6.07, 6.45) is 4.94. The lowest BCUT2D eigenvalue weighted by atomic mass is 10.1. The van der Waals surface area contributed by atoms with Crippen molar-refractivity contribution in [2.75, 3.05) is 0 Å². The van der Waals surface area contributed by atoms with Gasteiger partial charge in [-0.1, -0.05) is 33.1 Å². The summed E-state index contributed by atoms with van der Waals surface area (Å²) in [4.78, 5) is 0. The van der Waals surface area contributed by atoms with E-state index in [2.05, 4.69) is 34.5 Å². The molecule has 19 heavy (non-hydrogen) atoms. The highest BCUT2D eigenvalue weighted by Gasteiger charge is 2.22. The first-order valence-electron chi connectivity index (χ1n) is 6.69. The van der Waals surface area contributed by atoms with Gasteiger partial charge in [0.1, 0.15) is 4.21 Å². The lowest BCUT2D eigenvalue weighted by molar-refractivity contribution is 0.484. The SMILES string of the molecule is CCCCC(CCC)NS(=O)(=O)c1cc(C)c(Br)s1. The van der Waals surface area contributed by atoms with E-state index in [-0.39, 0.29) is 6.04 Å². The number of unbranched alkanes of at least 4 members (excludes halogenated alkanes) is 1. The third-order valence-electron chi connectivity index (χ3n) is 2.96. The third-order valence-corrected chi connectivity index (χ3v) is 7.10. The molecule has 0 aromatic carbocycles. The maximum absolute atomic E-state index is 12.3. The van der Waals surface area contributed by atoms with Crippen LogP contribution in [0.5, 0.6) is 0 Å². The fourth-order valence-corrected chi connectivity index (χ4v) is 5.45. The average molecular weight is 368 g/mol. The van der Waals surface area contributed by atoms with Gasteiger partial charge in [-0.3, -0.25) is 0 Å². The summed E-state index contributed by atoms with van der Waals surface area (Å²) in [5, 5.41) is 0. The first-order valence-corrected chi connectivity index (χ1v) is 9.78. The van der Waals surface area contributed by atoms with Crippen LogP contribution in [0, 0.1) is 6.92 Å². The van der Waals surface area contributed by atoms with Crippen LogP contribution in [0.3, 0.4) is 0 Å². The summed E-state index contributed by atoms with van der Waals surface area (Å²) in [5.74, 6) is 0. The molecule has 0 amide bonds. The van der Waals surface area contributed by atoms with Crippen molar-refractivity contribution in [1.82, 2.24) is 4.72 Å². The van der Waals surface area contributed by atoms with Crippen LogP contribution in [-0.2, 0) is 10.0 Å². The summed E-state index contributed by atoms with van der Waals surface area (Å²) in [7, 11) is -3.38. The Morgan fingerprint density at radius 1 is 1.32 bits per heavy atom. The number of hydrogen-bond donors (Lipinski definition) is 1. The van der Waals surface area contributed by atoms with Crippen LogP contribution in [0.4, 0.5) is 0 Å². The maximum Gasteiger partial charge on any atom is 0.250 e. The van der Waals surface area contributed by atoms with Crippen LogP contribution < -0.4 is 4.72 Å². The molecule has 0 aliphatic carbocycles. The van der Waals surface area contributed by atoms with Crippen LogP contribution in [-0.4, -0.2) is 14.5 Å². The number of thiophene rings is 1. The Hall–Kier alpha value is 0.0900. The van der Waals surface area contributed by atoms with E-state index in [0.29, 0.717) is 4.21 Å². The van der Waals surface area contributed by atoms with Gasteiger partial charge in [-0.25, -0.2) is 13.1 Å². The Morgan fingerprint density at radius 3 is 2.47 bits per heavy atom. The van der Waals surface area contributed by atoms with E-state index >= 15 is 0 Å². The summed E-state index contributed by atoms with van der Waals surface area (Å²) in [6.45, 7) is 6.11. The minimum absolute atomic E-state index is 0.0520. The van der Waals surface area contributed by atoms with Crippen LogP contribution >= 0.6 is 27.3 Å². The van der Waals surface area contributed by atoms with Crippen molar-refractivity contribution in [2.24, 2.45) is 0 Å². The van der Waals surface area contributed by atoms with E-state index in [0.717, 1.165) is 41.5 Å². The first-order chi connectivity index (χ1) is 8.90. The van der Waals surface area contributed by atoms with Crippen molar-refractivity contribution in [3.05, 3.63) is 15.4 Å². The highest BCUT2D eigenvalue weighted by molar-refractivity contribution is 9.11. The zero-order chi connectivity index (χ0) is 14.5. The van der Waals surface area contributed by atoms with Gasteiger partial charge in [0.2, 0.25) is 10.0 Å². The van der Waals surface area contributed by atoms with Gasteiger partial charge in [-0.2, -0.15) is 0 Å². The molecule has 0 radical (unpaired) electrons. The Labute approximate surface area is 129 Å². The summed E-state index contributed by atoms with van der Waals surface area (Å²) < 4.78 is 28.8. The molecule has 1 rings (SSSR count). The van der Waals surface area contributed by atoms with Gasteiger partial charge in [-0.15, -0.1) is 11.3 Å². The molecule has 110 valence electrons. The van der Waals surface area contributed by atoms with Crippen molar-refractivity contribution in [1.29, 1.82) is 0 Å². The molecule has 0 saturated carbocycles. The van der Waals surface area contributed by atoms with E-state index in [1.54, 1.807) is 6.07 Å². The molecular weight excluding hydrogens is 346 g/mol. The quantitative estimate of drug-likeness (QED) is 0.737. The van der Waals surface area contributed by atoms with Gasteiger partial charge >= 0.3 is 0 Å². The van der Waals surface area contributed by atoms with E-state index < -0.39 is 10.0 Å². The molecule has 0 bridgehead atoms. The first kappa shape index (κ1) is 17.1. The zero-order valence-corrected chi connectivity index (χ0v) is 14.9. The minimum Gasteiger partial charge on any atom is -0.207 e. The largest absolute Gasteiger partial charge is 0.250 e. The van der Waals surface area contributed by atoms with Crippen molar-refractivity contribution >= 4 is 37.3 Å². The van der Waals surface area contributed by atoms with Crippen LogP contribution in [0.2, 0.25) is 0 Å². The number of rotatable bonds is 8. The van der Waals surface area contributed by atoms with E-state index in [4.69, 9.17) is 0 Å². The molecule has 1 heterocycles. The molecule has 0 aliphatic rings. The number of nitrogens with one attached hydrogen (secondary N) is 1. The van der Waals surface area contributed by atoms with Crippen LogP contribution in [0.15, 0.2) is 14.1 Å². The van der Waals surface area contributed by atoms with Crippen LogP contribution in [0.1, 0.15) is 51.5 Å². The van der Waals surface area contributed by atoms with Gasteiger partial charge in [-0.05, 0) is 47.3 Å². The molecule has 0 spiro atoms. The third kappa shape index (κ3) is 5.17. The molecule has 1 aromatic rings. The van der Waals surface area contributed by atoms with Crippen molar-refractivity contribution in [3.8, 4) is 0 Å². The number of hydrogen-bond acceptors (Lipinski definition) is 3. The Morgan fingerprint density at radius 2 is 2.00 bits per heavy atom. The highest BCUT2D eigenvalue weighted by Crippen LogP contribution is 2.30. The minimum atomic E-state index is -3.38. The fourth-order valence-electron chi connectivity index (χ4n) is 1.90. The molecule has 1 N–H and O–H groups in total. The van der Waals surface area contributed by atoms with E-state index in [9.17, 15) is 8.42 Å². The molecule has 1 aromatic heterocycles. The zero-order valence-electron chi connectivity index (χ0n) is 11.7. The van der Waals surface area contributed by atoms with Crippen molar-refractivity contribution in [3.63, 3.8) is 0 Å². The number of sulfonamides is 1.